The molecule has 0 unspecified atom stereocenters. The third kappa shape index (κ3) is 11.1. The molecule has 0 bridgehead atoms. The molecule has 0 aliphatic heterocycles. The van der Waals surface area contributed by atoms with Crippen molar-refractivity contribution in [2.75, 3.05) is 0 Å². The normalized spacial score (nSPS) is 8.40. The molecule has 0 aliphatic rings. The molecule has 4 rings (SSSR count). The SMILES string of the molecule is CCC.CCc1cc2ccccc2[cH-]1.CCc1cc2ccccc2[cH-]1.Cl.Cl.[CH3-].[Si].[Zr+3]. The van der Waals surface area contributed by atoms with E-state index >= 15 is 0 Å². The molecule has 0 atom stereocenters. The number of fused-ring (bicyclic) bond motifs is 2. The van der Waals surface area contributed by atoms with E-state index in [0.717, 1.165) is 12.8 Å². The third-order valence-corrected chi connectivity index (χ3v) is 4.17. The van der Waals surface area contributed by atoms with Crippen molar-refractivity contribution in [1.29, 1.82) is 0 Å². The summed E-state index contributed by atoms with van der Waals surface area (Å²) < 4.78 is 0. The summed E-state index contributed by atoms with van der Waals surface area (Å²) in [5.41, 5.74) is 2.87. The van der Waals surface area contributed by atoms with E-state index in [1.165, 1.54) is 39.1 Å². The van der Waals surface area contributed by atoms with Gasteiger partial charge in [0.25, 0.3) is 0 Å². The van der Waals surface area contributed by atoms with Crippen molar-refractivity contribution in [3.05, 3.63) is 91.3 Å². The second-order valence-corrected chi connectivity index (χ2v) is 6.40. The zero-order valence-electron chi connectivity index (χ0n) is 18.9. The zero-order chi connectivity index (χ0) is 18.1. The Morgan fingerprint density at radius 3 is 1.20 bits per heavy atom. The number of benzene rings is 2. The van der Waals surface area contributed by atoms with Crippen LogP contribution in [-0.4, -0.2) is 11.0 Å². The topological polar surface area (TPSA) is 0 Å². The van der Waals surface area contributed by atoms with Gasteiger partial charge in [-0.2, -0.15) is 12.1 Å². The van der Waals surface area contributed by atoms with E-state index in [1.807, 2.05) is 0 Å². The molecule has 5 radical (unpaired) electrons. The van der Waals surface area contributed by atoms with Gasteiger partial charge in [-0.05, 0) is 12.8 Å². The van der Waals surface area contributed by atoms with Crippen LogP contribution >= 0.6 is 24.8 Å². The summed E-state index contributed by atoms with van der Waals surface area (Å²) in [5.74, 6) is 0. The first-order valence-corrected chi connectivity index (χ1v) is 9.50. The summed E-state index contributed by atoms with van der Waals surface area (Å²) in [6, 6.07) is 26.0. The maximum absolute atomic E-state index is 2.26. The summed E-state index contributed by atoms with van der Waals surface area (Å²) in [7, 11) is 0. The van der Waals surface area contributed by atoms with E-state index < -0.39 is 0 Å². The molecule has 4 aromatic carbocycles. The molecule has 0 saturated carbocycles. The van der Waals surface area contributed by atoms with Gasteiger partial charge in [-0.1, -0.05) is 46.2 Å². The minimum atomic E-state index is 0. The number of hydrogen-bond donors (Lipinski definition) is 0. The second-order valence-electron chi connectivity index (χ2n) is 6.40. The number of rotatable bonds is 2. The van der Waals surface area contributed by atoms with Gasteiger partial charge in [-0.25, -0.2) is 0 Å². The van der Waals surface area contributed by atoms with Crippen LogP contribution in [0.2, 0.25) is 0 Å². The molecule has 0 saturated heterocycles. The maximum atomic E-state index is 2.26. The molecule has 0 nitrogen and oxygen atoms in total. The average Bonchev–Trinajstić information content (AvgIpc) is 3.26. The molecule has 0 aromatic heterocycles. The van der Waals surface area contributed by atoms with Crippen molar-refractivity contribution in [2.24, 2.45) is 0 Å². The van der Waals surface area contributed by atoms with Crippen molar-refractivity contribution < 1.29 is 26.2 Å². The predicted molar refractivity (Wildman–Crippen MR) is 140 cm³/mol. The molecule has 30 heavy (non-hydrogen) atoms. The Labute approximate surface area is 220 Å². The van der Waals surface area contributed by atoms with E-state index in [2.05, 4.69) is 100 Å². The molecular formula is C26H35Cl2SiZr. The van der Waals surface area contributed by atoms with Crippen molar-refractivity contribution in [3.8, 4) is 0 Å². The zero-order valence-corrected chi connectivity index (χ0v) is 24.0. The Kier molecular flexibility index (Phi) is 24.8. The van der Waals surface area contributed by atoms with Crippen molar-refractivity contribution >= 4 is 57.3 Å². The first-order valence-electron chi connectivity index (χ1n) is 9.50. The Bertz CT molecular complexity index is 756. The maximum Gasteiger partial charge on any atom is 3.00 e. The molecule has 0 amide bonds. The fourth-order valence-corrected chi connectivity index (χ4v) is 2.84. The van der Waals surface area contributed by atoms with Crippen LogP contribution in [0.1, 0.15) is 45.2 Å². The molecule has 161 valence electrons. The first kappa shape index (κ1) is 36.7. The summed E-state index contributed by atoms with van der Waals surface area (Å²) in [6.45, 7) is 8.63. The van der Waals surface area contributed by atoms with Crippen LogP contribution in [0.15, 0.2) is 72.8 Å². The number of hydrogen-bond acceptors (Lipinski definition) is 0. The fourth-order valence-electron chi connectivity index (χ4n) is 2.84. The van der Waals surface area contributed by atoms with Gasteiger partial charge in [0, 0.05) is 11.0 Å². The van der Waals surface area contributed by atoms with Crippen LogP contribution in [0, 0.1) is 7.43 Å². The smallest absolute Gasteiger partial charge is 0.358 e. The van der Waals surface area contributed by atoms with Gasteiger partial charge < -0.3 is 7.43 Å². The summed E-state index contributed by atoms with van der Waals surface area (Å²) in [4.78, 5) is 0. The summed E-state index contributed by atoms with van der Waals surface area (Å²) in [5, 5.41) is 5.46. The van der Waals surface area contributed by atoms with Crippen LogP contribution in [0.3, 0.4) is 0 Å². The molecule has 0 heterocycles. The Balaban J connectivity index is -0.000000174. The van der Waals surface area contributed by atoms with Gasteiger partial charge in [0.2, 0.25) is 0 Å². The fraction of sp³-hybridized carbons (Fsp3) is 0.269. The molecule has 0 aliphatic carbocycles. The van der Waals surface area contributed by atoms with E-state index in [4.69, 9.17) is 0 Å². The van der Waals surface area contributed by atoms with Gasteiger partial charge in [0.15, 0.2) is 0 Å². The van der Waals surface area contributed by atoms with Gasteiger partial charge in [-0.3, -0.25) is 0 Å². The molecule has 0 fully saturated rings. The van der Waals surface area contributed by atoms with Gasteiger partial charge in [0.05, 0.1) is 0 Å². The summed E-state index contributed by atoms with van der Waals surface area (Å²) in [6.07, 6.45) is 3.52. The van der Waals surface area contributed by atoms with Crippen LogP contribution in [0.4, 0.5) is 0 Å². The number of halogens is 2. The van der Waals surface area contributed by atoms with Crippen molar-refractivity contribution in [1.82, 2.24) is 0 Å². The molecular weight excluding hydrogens is 503 g/mol. The molecule has 4 heteroatoms. The van der Waals surface area contributed by atoms with Crippen molar-refractivity contribution in [2.45, 2.75) is 47.0 Å². The monoisotopic (exact) mass is 535 g/mol. The van der Waals surface area contributed by atoms with Gasteiger partial charge in [0.1, 0.15) is 0 Å². The predicted octanol–water partition coefficient (Wildman–Crippen LogP) is 8.57. The average molecular weight is 538 g/mol. The second kappa shape index (κ2) is 20.3. The summed E-state index contributed by atoms with van der Waals surface area (Å²) >= 11 is 0. The van der Waals surface area contributed by atoms with Gasteiger partial charge >= 0.3 is 26.2 Å². The van der Waals surface area contributed by atoms with Gasteiger partial charge in [-0.15, -0.1) is 106 Å². The Morgan fingerprint density at radius 2 is 0.933 bits per heavy atom. The first-order chi connectivity index (χ1) is 12.2. The van der Waals surface area contributed by atoms with E-state index in [0.29, 0.717) is 0 Å². The van der Waals surface area contributed by atoms with Crippen LogP contribution < -0.4 is 0 Å². The van der Waals surface area contributed by atoms with E-state index in [1.54, 1.807) is 0 Å². The number of aryl methyl sites for hydroxylation is 2. The minimum Gasteiger partial charge on any atom is -0.358 e. The molecule has 4 aromatic rings. The Morgan fingerprint density at radius 1 is 0.633 bits per heavy atom. The minimum absolute atomic E-state index is 0. The standard InChI is InChI=1S/2C11H11.C3H8.CH3.2ClH.Si.Zr/c2*1-2-9-7-10-5-3-4-6-11(10)8-9;1-3-2;;;;;/h2*3-8H,2H2,1H3;3H2,1-2H3;1H3;2*1H;;/q2*-1;;-1;;;;+3. The van der Waals surface area contributed by atoms with E-state index in [9.17, 15) is 0 Å². The largest absolute Gasteiger partial charge is 3.00 e. The van der Waals surface area contributed by atoms with Crippen LogP contribution in [0.25, 0.3) is 21.5 Å². The Hall–Kier alpha value is -0.660. The van der Waals surface area contributed by atoms with E-state index in [-0.39, 0.29) is 69.4 Å². The third-order valence-electron chi connectivity index (χ3n) is 4.17. The quantitative estimate of drug-likeness (QED) is 0.177. The van der Waals surface area contributed by atoms with Crippen molar-refractivity contribution in [3.63, 3.8) is 0 Å². The molecule has 0 spiro atoms. The molecule has 0 N–H and O–H groups in total. The van der Waals surface area contributed by atoms with Crippen LogP contribution in [0.5, 0.6) is 0 Å². The van der Waals surface area contributed by atoms with Crippen LogP contribution in [-0.2, 0) is 39.0 Å².